The average Bonchev–Trinajstić information content (AvgIpc) is 2.03. The topological polar surface area (TPSA) is 9.23 Å². The maximum atomic E-state index is 12.3. The normalized spacial score (nSPS) is 16.4. The van der Waals surface area contributed by atoms with E-state index in [4.69, 9.17) is 4.74 Å². The maximum absolute atomic E-state index is 12.3. The average molecular weight is 162 g/mol. The fourth-order valence-corrected chi connectivity index (χ4v) is 1.15. The first-order valence-electron chi connectivity index (χ1n) is 4.29. The summed E-state index contributed by atoms with van der Waals surface area (Å²) in [6.07, 6.45) is 2.07. The van der Waals surface area contributed by atoms with Gasteiger partial charge in [0.25, 0.3) is 0 Å². The summed E-state index contributed by atoms with van der Waals surface area (Å²) in [4.78, 5) is 0. The summed E-state index contributed by atoms with van der Waals surface area (Å²) in [5, 5.41) is 0. The van der Waals surface area contributed by atoms with Gasteiger partial charge in [0, 0.05) is 13.0 Å². The second-order valence-corrected chi connectivity index (χ2v) is 3.22. The Balaban J connectivity index is 3.49. The summed E-state index contributed by atoms with van der Waals surface area (Å²) >= 11 is 0. The third kappa shape index (κ3) is 5.19. The van der Waals surface area contributed by atoms with Gasteiger partial charge in [-0.1, -0.05) is 20.3 Å². The summed E-state index contributed by atoms with van der Waals surface area (Å²) in [5.41, 5.74) is 0. The molecule has 0 heterocycles. The van der Waals surface area contributed by atoms with Crippen LogP contribution in [-0.4, -0.2) is 20.4 Å². The van der Waals surface area contributed by atoms with Crippen molar-refractivity contribution in [3.8, 4) is 0 Å². The summed E-state index contributed by atoms with van der Waals surface area (Å²) < 4.78 is 17.2. The Labute approximate surface area is 68.9 Å². The van der Waals surface area contributed by atoms with Crippen LogP contribution >= 0.6 is 0 Å². The lowest BCUT2D eigenvalue weighted by atomic mass is 9.95. The van der Waals surface area contributed by atoms with Crippen molar-refractivity contribution in [2.45, 2.75) is 26.7 Å². The quantitative estimate of drug-likeness (QED) is 0.583. The van der Waals surface area contributed by atoms with Gasteiger partial charge in [-0.2, -0.15) is 0 Å². The van der Waals surface area contributed by atoms with E-state index in [9.17, 15) is 4.39 Å². The predicted molar refractivity (Wildman–Crippen MR) is 45.4 cm³/mol. The molecule has 0 saturated heterocycles. The van der Waals surface area contributed by atoms with Gasteiger partial charge < -0.3 is 4.74 Å². The zero-order valence-corrected chi connectivity index (χ0v) is 7.77. The zero-order valence-electron chi connectivity index (χ0n) is 7.77. The van der Waals surface area contributed by atoms with Crippen molar-refractivity contribution in [2.24, 2.45) is 11.8 Å². The van der Waals surface area contributed by atoms with Gasteiger partial charge in [-0.25, -0.2) is 0 Å². The SMILES string of the molecule is CCC(C)CC(CF)COC. The van der Waals surface area contributed by atoms with Crippen LogP contribution in [-0.2, 0) is 4.74 Å². The second-order valence-electron chi connectivity index (χ2n) is 3.22. The molecule has 1 nitrogen and oxygen atoms in total. The van der Waals surface area contributed by atoms with Gasteiger partial charge in [0.1, 0.15) is 0 Å². The van der Waals surface area contributed by atoms with E-state index < -0.39 is 0 Å². The van der Waals surface area contributed by atoms with E-state index in [1.807, 2.05) is 0 Å². The molecule has 0 fully saturated rings. The first kappa shape index (κ1) is 10.9. The second kappa shape index (κ2) is 6.59. The van der Waals surface area contributed by atoms with Crippen LogP contribution in [0.25, 0.3) is 0 Å². The van der Waals surface area contributed by atoms with Crippen LogP contribution in [0.5, 0.6) is 0 Å². The number of methoxy groups -OCH3 is 1. The van der Waals surface area contributed by atoms with Crippen molar-refractivity contribution in [2.75, 3.05) is 20.4 Å². The highest BCUT2D eigenvalue weighted by molar-refractivity contribution is 4.60. The Morgan fingerprint density at radius 3 is 2.45 bits per heavy atom. The molecule has 0 N–H and O–H groups in total. The van der Waals surface area contributed by atoms with Crippen molar-refractivity contribution in [3.63, 3.8) is 0 Å². The summed E-state index contributed by atoms with van der Waals surface area (Å²) in [5.74, 6) is 0.723. The van der Waals surface area contributed by atoms with Gasteiger partial charge in [0.15, 0.2) is 0 Å². The number of hydrogen-bond acceptors (Lipinski definition) is 1. The van der Waals surface area contributed by atoms with Crippen molar-refractivity contribution in [1.29, 1.82) is 0 Å². The molecule has 68 valence electrons. The third-order valence-corrected chi connectivity index (χ3v) is 2.05. The molecule has 0 rings (SSSR count). The fourth-order valence-electron chi connectivity index (χ4n) is 1.15. The molecular weight excluding hydrogens is 143 g/mol. The molecule has 2 heteroatoms. The largest absolute Gasteiger partial charge is 0.384 e. The van der Waals surface area contributed by atoms with E-state index in [2.05, 4.69) is 13.8 Å². The molecule has 0 spiro atoms. The molecule has 2 atom stereocenters. The number of rotatable bonds is 6. The Morgan fingerprint density at radius 1 is 1.45 bits per heavy atom. The lowest BCUT2D eigenvalue weighted by Gasteiger charge is -2.15. The molecule has 0 saturated carbocycles. The highest BCUT2D eigenvalue weighted by atomic mass is 19.1. The lowest BCUT2D eigenvalue weighted by Crippen LogP contribution is -2.13. The molecule has 0 aliphatic rings. The van der Waals surface area contributed by atoms with Crippen LogP contribution in [0.1, 0.15) is 26.7 Å². The lowest BCUT2D eigenvalue weighted by molar-refractivity contribution is 0.122. The third-order valence-electron chi connectivity index (χ3n) is 2.05. The number of halogens is 1. The van der Waals surface area contributed by atoms with Crippen LogP contribution in [0.2, 0.25) is 0 Å². The minimum absolute atomic E-state index is 0.106. The highest BCUT2D eigenvalue weighted by Crippen LogP contribution is 2.15. The van der Waals surface area contributed by atoms with Crippen molar-refractivity contribution < 1.29 is 9.13 Å². The van der Waals surface area contributed by atoms with Gasteiger partial charge in [0.05, 0.1) is 13.3 Å². The molecule has 0 radical (unpaired) electrons. The first-order chi connectivity index (χ1) is 5.24. The Bertz CT molecular complexity index is 85.6. The minimum Gasteiger partial charge on any atom is -0.384 e. The van der Waals surface area contributed by atoms with E-state index >= 15 is 0 Å². The molecular formula is C9H19FO. The Morgan fingerprint density at radius 2 is 2.09 bits per heavy atom. The molecule has 2 unspecified atom stereocenters. The molecule has 0 aliphatic carbocycles. The highest BCUT2D eigenvalue weighted by Gasteiger charge is 2.11. The smallest absolute Gasteiger partial charge is 0.0944 e. The summed E-state index contributed by atoms with van der Waals surface area (Å²) in [6, 6.07) is 0. The van der Waals surface area contributed by atoms with Crippen molar-refractivity contribution in [1.82, 2.24) is 0 Å². The minimum atomic E-state index is -0.252. The van der Waals surface area contributed by atoms with Gasteiger partial charge >= 0.3 is 0 Å². The molecule has 0 aliphatic heterocycles. The first-order valence-corrected chi connectivity index (χ1v) is 4.29. The fraction of sp³-hybridized carbons (Fsp3) is 1.00. The van der Waals surface area contributed by atoms with E-state index in [0.29, 0.717) is 12.5 Å². The van der Waals surface area contributed by atoms with Crippen LogP contribution in [0.4, 0.5) is 4.39 Å². The molecule has 0 aromatic heterocycles. The van der Waals surface area contributed by atoms with Crippen LogP contribution in [0.3, 0.4) is 0 Å². The van der Waals surface area contributed by atoms with Gasteiger partial charge in [-0.3, -0.25) is 4.39 Å². The Kier molecular flexibility index (Phi) is 6.52. The van der Waals surface area contributed by atoms with E-state index in [0.717, 1.165) is 12.8 Å². The molecule has 0 aromatic carbocycles. The molecule has 0 bridgehead atoms. The van der Waals surface area contributed by atoms with Crippen molar-refractivity contribution >= 4 is 0 Å². The molecule has 0 aromatic rings. The molecule has 11 heavy (non-hydrogen) atoms. The number of hydrogen-bond donors (Lipinski definition) is 0. The van der Waals surface area contributed by atoms with Gasteiger partial charge in [-0.15, -0.1) is 0 Å². The van der Waals surface area contributed by atoms with E-state index in [-0.39, 0.29) is 12.6 Å². The van der Waals surface area contributed by atoms with Gasteiger partial charge in [0.2, 0.25) is 0 Å². The number of alkyl halides is 1. The maximum Gasteiger partial charge on any atom is 0.0944 e. The van der Waals surface area contributed by atoms with Gasteiger partial charge in [-0.05, 0) is 12.3 Å². The molecule has 0 amide bonds. The van der Waals surface area contributed by atoms with E-state index in [1.165, 1.54) is 0 Å². The summed E-state index contributed by atoms with van der Waals surface area (Å²) in [7, 11) is 1.62. The van der Waals surface area contributed by atoms with E-state index in [1.54, 1.807) is 7.11 Å². The predicted octanol–water partition coefficient (Wildman–Crippen LogP) is 2.65. The standard InChI is InChI=1S/C9H19FO/c1-4-8(2)5-9(6-10)7-11-3/h8-9H,4-7H2,1-3H3. The zero-order chi connectivity index (χ0) is 8.69. The summed E-state index contributed by atoms with van der Waals surface area (Å²) in [6.45, 7) is 4.59. The van der Waals surface area contributed by atoms with Crippen molar-refractivity contribution in [3.05, 3.63) is 0 Å². The van der Waals surface area contributed by atoms with Crippen LogP contribution < -0.4 is 0 Å². The van der Waals surface area contributed by atoms with Crippen LogP contribution in [0, 0.1) is 11.8 Å². The number of ether oxygens (including phenoxy) is 1. The Hall–Kier alpha value is -0.110. The monoisotopic (exact) mass is 162 g/mol. The van der Waals surface area contributed by atoms with Crippen LogP contribution in [0.15, 0.2) is 0 Å².